The molecule has 0 saturated carbocycles. The summed E-state index contributed by atoms with van der Waals surface area (Å²) in [5, 5.41) is 0. The molecule has 0 radical (unpaired) electrons. The first-order chi connectivity index (χ1) is 12.2. The SMILES string of the molecule is C=CCCC(C)(C1=C(C)C=CC1)C1c2ccccc2-c2ccccc21.[Zr]. The summed E-state index contributed by atoms with van der Waals surface area (Å²) in [4.78, 5) is 0. The Morgan fingerprint density at radius 3 is 2.12 bits per heavy atom. The van der Waals surface area contributed by atoms with Gasteiger partial charge < -0.3 is 0 Å². The second kappa shape index (κ2) is 7.65. The maximum absolute atomic E-state index is 3.99. The second-order valence-corrected chi connectivity index (χ2v) is 7.62. The van der Waals surface area contributed by atoms with E-state index in [9.17, 15) is 0 Å². The van der Waals surface area contributed by atoms with Gasteiger partial charge in [0, 0.05) is 37.5 Å². The van der Waals surface area contributed by atoms with E-state index in [4.69, 9.17) is 0 Å². The molecule has 0 spiro atoms. The van der Waals surface area contributed by atoms with Crippen LogP contribution in [-0.4, -0.2) is 0 Å². The van der Waals surface area contributed by atoms with Gasteiger partial charge in [0.05, 0.1) is 0 Å². The zero-order valence-electron chi connectivity index (χ0n) is 15.8. The summed E-state index contributed by atoms with van der Waals surface area (Å²) < 4.78 is 0. The summed E-state index contributed by atoms with van der Waals surface area (Å²) in [6.07, 6.45) is 9.97. The van der Waals surface area contributed by atoms with Crippen LogP contribution in [-0.2, 0) is 26.2 Å². The van der Waals surface area contributed by atoms with Crippen LogP contribution in [0.3, 0.4) is 0 Å². The molecule has 26 heavy (non-hydrogen) atoms. The molecule has 1 atom stereocenters. The van der Waals surface area contributed by atoms with E-state index in [1.807, 2.05) is 0 Å². The minimum atomic E-state index is 0. The Bertz CT molecular complexity index is 841. The van der Waals surface area contributed by atoms with Gasteiger partial charge in [-0.2, -0.15) is 0 Å². The largest absolute Gasteiger partial charge is 0.103 e. The molecule has 2 aliphatic rings. The van der Waals surface area contributed by atoms with Crippen LogP contribution in [0.15, 0.2) is 84.5 Å². The fourth-order valence-electron chi connectivity index (χ4n) is 5.01. The van der Waals surface area contributed by atoms with Crippen molar-refractivity contribution < 1.29 is 26.2 Å². The molecule has 1 unspecified atom stereocenters. The first kappa shape index (κ1) is 19.3. The molecule has 0 saturated heterocycles. The summed E-state index contributed by atoms with van der Waals surface area (Å²) in [6, 6.07) is 18.0. The number of fused-ring (bicyclic) bond motifs is 3. The third kappa shape index (κ3) is 2.95. The van der Waals surface area contributed by atoms with Crippen molar-refractivity contribution in [2.45, 2.75) is 39.0 Å². The van der Waals surface area contributed by atoms with E-state index in [0.717, 1.165) is 19.3 Å². The van der Waals surface area contributed by atoms with E-state index in [1.165, 1.54) is 27.8 Å². The maximum Gasteiger partial charge on any atom is 0.0193 e. The zero-order valence-corrected chi connectivity index (χ0v) is 18.2. The molecule has 2 aliphatic carbocycles. The van der Waals surface area contributed by atoms with Crippen molar-refractivity contribution >= 4 is 0 Å². The van der Waals surface area contributed by atoms with E-state index >= 15 is 0 Å². The zero-order chi connectivity index (χ0) is 17.4. The monoisotopic (exact) mass is 416 g/mol. The fraction of sp³-hybridized carbons (Fsp3) is 0.280. The van der Waals surface area contributed by atoms with Gasteiger partial charge >= 0.3 is 0 Å². The molecular weight excluding hydrogens is 391 g/mol. The molecule has 0 fully saturated rings. The second-order valence-electron chi connectivity index (χ2n) is 7.62. The predicted octanol–water partition coefficient (Wildman–Crippen LogP) is 7.05. The van der Waals surface area contributed by atoms with Crippen LogP contribution in [0.4, 0.5) is 0 Å². The van der Waals surface area contributed by atoms with Crippen molar-refractivity contribution in [3.8, 4) is 11.1 Å². The number of benzene rings is 2. The fourth-order valence-corrected chi connectivity index (χ4v) is 5.01. The minimum Gasteiger partial charge on any atom is -0.103 e. The first-order valence-electron chi connectivity index (χ1n) is 9.32. The van der Waals surface area contributed by atoms with Gasteiger partial charge in [-0.1, -0.05) is 84.8 Å². The molecule has 0 heterocycles. The Labute approximate surface area is 176 Å². The van der Waals surface area contributed by atoms with Crippen molar-refractivity contribution in [2.24, 2.45) is 5.41 Å². The third-order valence-corrected chi connectivity index (χ3v) is 6.19. The molecule has 2 aromatic carbocycles. The van der Waals surface area contributed by atoms with Gasteiger partial charge in [0.25, 0.3) is 0 Å². The van der Waals surface area contributed by atoms with Crippen LogP contribution < -0.4 is 0 Å². The Morgan fingerprint density at radius 1 is 1.04 bits per heavy atom. The molecule has 0 nitrogen and oxygen atoms in total. The number of hydrogen-bond donors (Lipinski definition) is 0. The number of allylic oxidation sites excluding steroid dienone is 5. The van der Waals surface area contributed by atoms with Crippen LogP contribution in [0.2, 0.25) is 0 Å². The van der Waals surface area contributed by atoms with Crippen LogP contribution >= 0.6 is 0 Å². The summed E-state index contributed by atoms with van der Waals surface area (Å²) in [5.74, 6) is 0.421. The normalized spacial score (nSPS) is 17.5. The Morgan fingerprint density at radius 2 is 1.62 bits per heavy atom. The van der Waals surface area contributed by atoms with E-state index in [0.29, 0.717) is 5.92 Å². The quantitative estimate of drug-likeness (QED) is 0.457. The molecule has 1 heteroatoms. The summed E-state index contributed by atoms with van der Waals surface area (Å²) in [7, 11) is 0. The Balaban J connectivity index is 0.00000196. The average Bonchev–Trinajstić information content (AvgIpc) is 3.22. The first-order valence-corrected chi connectivity index (χ1v) is 9.32. The number of rotatable bonds is 5. The molecule has 2 aromatic rings. The van der Waals surface area contributed by atoms with E-state index < -0.39 is 0 Å². The van der Waals surface area contributed by atoms with Gasteiger partial charge in [0.15, 0.2) is 0 Å². The van der Waals surface area contributed by atoms with Gasteiger partial charge in [-0.25, -0.2) is 0 Å². The van der Waals surface area contributed by atoms with Crippen molar-refractivity contribution in [1.82, 2.24) is 0 Å². The van der Waals surface area contributed by atoms with Gasteiger partial charge in [-0.05, 0) is 48.4 Å². The van der Waals surface area contributed by atoms with Gasteiger partial charge in [-0.3, -0.25) is 0 Å². The molecule has 0 aliphatic heterocycles. The van der Waals surface area contributed by atoms with E-state index in [-0.39, 0.29) is 31.6 Å². The van der Waals surface area contributed by atoms with Crippen molar-refractivity contribution in [3.63, 3.8) is 0 Å². The molecule has 130 valence electrons. The van der Waals surface area contributed by atoms with Crippen LogP contribution in [0.1, 0.15) is 50.2 Å². The van der Waals surface area contributed by atoms with Crippen LogP contribution in [0.5, 0.6) is 0 Å². The summed E-state index contributed by atoms with van der Waals surface area (Å²) >= 11 is 0. The van der Waals surface area contributed by atoms with Crippen LogP contribution in [0, 0.1) is 5.41 Å². The van der Waals surface area contributed by atoms with Crippen molar-refractivity contribution in [1.29, 1.82) is 0 Å². The summed E-state index contributed by atoms with van der Waals surface area (Å²) in [6.45, 7) is 8.75. The van der Waals surface area contributed by atoms with Crippen molar-refractivity contribution in [2.75, 3.05) is 0 Å². The molecular formula is C25H26Zr. The smallest absolute Gasteiger partial charge is 0.0193 e. The van der Waals surface area contributed by atoms with Crippen molar-refractivity contribution in [3.05, 3.63) is 95.6 Å². The molecule has 0 aromatic heterocycles. The molecule has 0 amide bonds. The summed E-state index contributed by atoms with van der Waals surface area (Å²) in [5.41, 5.74) is 8.98. The van der Waals surface area contributed by atoms with Gasteiger partial charge in [0.2, 0.25) is 0 Å². The Kier molecular flexibility index (Phi) is 5.68. The minimum absolute atomic E-state index is 0. The van der Waals surface area contributed by atoms with E-state index in [1.54, 1.807) is 5.57 Å². The molecule has 0 bridgehead atoms. The van der Waals surface area contributed by atoms with Crippen LogP contribution in [0.25, 0.3) is 11.1 Å². The standard InChI is InChI=1S/C25H26.Zr/c1-4-5-17-25(3,23-16-10-11-18(23)2)24-21-14-8-6-12-19(21)20-13-7-9-15-22(20)24;/h4,6-15,24H,1,5,16-17H2,2-3H3;. The molecule has 0 N–H and O–H groups in total. The molecule has 4 rings (SSSR count). The maximum atomic E-state index is 3.99. The van der Waals surface area contributed by atoms with Gasteiger partial charge in [-0.15, -0.1) is 6.58 Å². The topological polar surface area (TPSA) is 0 Å². The third-order valence-electron chi connectivity index (χ3n) is 6.19. The Hall–Kier alpha value is -1.46. The van der Waals surface area contributed by atoms with Gasteiger partial charge in [0.1, 0.15) is 0 Å². The number of hydrogen-bond acceptors (Lipinski definition) is 0. The average molecular weight is 418 g/mol. The van der Waals surface area contributed by atoms with E-state index in [2.05, 4.69) is 87.2 Å². The predicted molar refractivity (Wildman–Crippen MR) is 108 cm³/mol.